The molecule has 0 aliphatic carbocycles. The van der Waals surface area contributed by atoms with Crippen molar-refractivity contribution in [3.8, 4) is 11.5 Å². The smallest absolute Gasteiger partial charge is 0.127 e. The van der Waals surface area contributed by atoms with Crippen LogP contribution in [0.2, 0.25) is 0 Å². The van der Waals surface area contributed by atoms with Crippen LogP contribution in [0.3, 0.4) is 0 Å². The third kappa shape index (κ3) is 2.76. The molecule has 1 heterocycles. The zero-order valence-corrected chi connectivity index (χ0v) is 11.0. The van der Waals surface area contributed by atoms with Gasteiger partial charge in [0, 0.05) is 30.9 Å². The maximum Gasteiger partial charge on any atom is 0.127 e. The predicted octanol–water partition coefficient (Wildman–Crippen LogP) is 2.13. The summed E-state index contributed by atoms with van der Waals surface area (Å²) in [6.07, 6.45) is 2.02. The lowest BCUT2D eigenvalue weighted by molar-refractivity contribution is 0.0581. The molecule has 2 rings (SSSR count). The molecule has 0 bridgehead atoms. The van der Waals surface area contributed by atoms with Crippen molar-refractivity contribution >= 4 is 0 Å². The van der Waals surface area contributed by atoms with Gasteiger partial charge in [0.25, 0.3) is 0 Å². The van der Waals surface area contributed by atoms with Crippen LogP contribution in [0.25, 0.3) is 0 Å². The van der Waals surface area contributed by atoms with Crippen molar-refractivity contribution in [2.75, 3.05) is 27.4 Å². The minimum atomic E-state index is -0.00486. The van der Waals surface area contributed by atoms with Crippen molar-refractivity contribution in [1.29, 1.82) is 0 Å². The van der Waals surface area contributed by atoms with E-state index in [1.807, 2.05) is 18.2 Å². The largest absolute Gasteiger partial charge is 0.497 e. The lowest BCUT2D eigenvalue weighted by Crippen LogP contribution is -2.27. The molecule has 4 nitrogen and oxygen atoms in total. The molecule has 1 aromatic rings. The maximum absolute atomic E-state index is 6.36. The highest BCUT2D eigenvalue weighted by molar-refractivity contribution is 5.42. The summed E-state index contributed by atoms with van der Waals surface area (Å²) in [7, 11) is 3.31. The van der Waals surface area contributed by atoms with Crippen LogP contribution in [0.15, 0.2) is 18.2 Å². The molecule has 1 aliphatic heterocycles. The molecule has 0 radical (unpaired) electrons. The fourth-order valence-electron chi connectivity index (χ4n) is 2.42. The number of rotatable bonds is 4. The van der Waals surface area contributed by atoms with Crippen LogP contribution in [0.5, 0.6) is 11.5 Å². The van der Waals surface area contributed by atoms with Crippen LogP contribution >= 0.6 is 0 Å². The Balaban J connectivity index is 2.20. The Morgan fingerprint density at radius 1 is 1.22 bits per heavy atom. The second-order valence-electron chi connectivity index (χ2n) is 4.58. The lowest BCUT2D eigenvalue weighted by Gasteiger charge is -2.28. The van der Waals surface area contributed by atoms with Crippen molar-refractivity contribution < 1.29 is 14.2 Å². The Hall–Kier alpha value is -1.26. The van der Waals surface area contributed by atoms with Crippen molar-refractivity contribution in [1.82, 2.24) is 0 Å². The molecular weight excluding hydrogens is 230 g/mol. The average Bonchev–Trinajstić information content (AvgIpc) is 2.46. The summed E-state index contributed by atoms with van der Waals surface area (Å²) in [6.45, 7) is 1.60. The number of hydrogen-bond acceptors (Lipinski definition) is 4. The second-order valence-corrected chi connectivity index (χ2v) is 4.58. The van der Waals surface area contributed by atoms with Gasteiger partial charge in [-0.25, -0.2) is 0 Å². The van der Waals surface area contributed by atoms with Crippen molar-refractivity contribution in [2.45, 2.75) is 18.9 Å². The van der Waals surface area contributed by atoms with E-state index in [-0.39, 0.29) is 6.04 Å². The summed E-state index contributed by atoms with van der Waals surface area (Å²) >= 11 is 0. The summed E-state index contributed by atoms with van der Waals surface area (Å²) in [5.74, 6) is 2.05. The SMILES string of the molecule is COc1ccc(C(N)C2CCOCC2)c(OC)c1. The van der Waals surface area contributed by atoms with Gasteiger partial charge in [0.15, 0.2) is 0 Å². The molecule has 0 aromatic heterocycles. The fraction of sp³-hybridized carbons (Fsp3) is 0.571. The zero-order valence-electron chi connectivity index (χ0n) is 11.0. The Morgan fingerprint density at radius 2 is 1.94 bits per heavy atom. The summed E-state index contributed by atoms with van der Waals surface area (Å²) in [4.78, 5) is 0. The Morgan fingerprint density at radius 3 is 2.56 bits per heavy atom. The van der Waals surface area contributed by atoms with E-state index in [1.165, 1.54) is 0 Å². The zero-order chi connectivity index (χ0) is 13.0. The Bertz CT molecular complexity index is 389. The first kappa shape index (κ1) is 13.2. The molecule has 100 valence electrons. The quantitative estimate of drug-likeness (QED) is 0.890. The Labute approximate surface area is 108 Å². The third-order valence-corrected chi connectivity index (χ3v) is 3.57. The molecule has 1 fully saturated rings. The summed E-state index contributed by atoms with van der Waals surface area (Å²) in [5.41, 5.74) is 7.41. The second kappa shape index (κ2) is 6.07. The van der Waals surface area contributed by atoms with Crippen LogP contribution in [-0.2, 0) is 4.74 Å². The Kier molecular flexibility index (Phi) is 4.44. The number of ether oxygens (including phenoxy) is 3. The van der Waals surface area contributed by atoms with E-state index < -0.39 is 0 Å². The first-order valence-electron chi connectivity index (χ1n) is 6.31. The normalized spacial score (nSPS) is 18.4. The van der Waals surface area contributed by atoms with Crippen LogP contribution in [0, 0.1) is 5.92 Å². The van der Waals surface area contributed by atoms with Crippen LogP contribution < -0.4 is 15.2 Å². The van der Waals surface area contributed by atoms with Gasteiger partial charge in [-0.2, -0.15) is 0 Å². The van der Waals surface area contributed by atoms with Gasteiger partial charge in [0.2, 0.25) is 0 Å². The topological polar surface area (TPSA) is 53.7 Å². The first-order valence-corrected chi connectivity index (χ1v) is 6.31. The summed E-state index contributed by atoms with van der Waals surface area (Å²) in [5, 5.41) is 0. The molecule has 1 aliphatic rings. The van der Waals surface area contributed by atoms with Gasteiger partial charge in [-0.3, -0.25) is 0 Å². The van der Waals surface area contributed by atoms with Crippen LogP contribution in [0.4, 0.5) is 0 Å². The molecule has 18 heavy (non-hydrogen) atoms. The minimum absolute atomic E-state index is 0.00486. The van der Waals surface area contributed by atoms with Gasteiger partial charge >= 0.3 is 0 Å². The van der Waals surface area contributed by atoms with Crippen LogP contribution in [-0.4, -0.2) is 27.4 Å². The molecule has 0 saturated carbocycles. The van der Waals surface area contributed by atoms with E-state index in [1.54, 1.807) is 14.2 Å². The molecular formula is C14H21NO3. The monoisotopic (exact) mass is 251 g/mol. The number of benzene rings is 1. The third-order valence-electron chi connectivity index (χ3n) is 3.57. The highest BCUT2D eigenvalue weighted by Crippen LogP contribution is 2.35. The lowest BCUT2D eigenvalue weighted by atomic mass is 9.87. The summed E-state index contributed by atoms with van der Waals surface area (Å²) in [6, 6.07) is 5.80. The van der Waals surface area contributed by atoms with Gasteiger partial charge in [-0.1, -0.05) is 6.07 Å². The van der Waals surface area contributed by atoms with E-state index in [4.69, 9.17) is 19.9 Å². The average molecular weight is 251 g/mol. The van der Waals surface area contributed by atoms with Crippen molar-refractivity contribution in [2.24, 2.45) is 11.7 Å². The standard InChI is InChI=1S/C14H21NO3/c1-16-11-3-4-12(13(9-11)17-2)14(15)10-5-7-18-8-6-10/h3-4,9-10,14H,5-8,15H2,1-2H3. The molecule has 1 unspecified atom stereocenters. The van der Waals surface area contributed by atoms with Crippen molar-refractivity contribution in [3.05, 3.63) is 23.8 Å². The molecule has 2 N–H and O–H groups in total. The summed E-state index contributed by atoms with van der Waals surface area (Å²) < 4.78 is 16.0. The first-order chi connectivity index (χ1) is 8.76. The molecule has 0 spiro atoms. The van der Waals surface area contributed by atoms with Gasteiger partial charge in [-0.05, 0) is 24.8 Å². The predicted molar refractivity (Wildman–Crippen MR) is 70.0 cm³/mol. The number of methoxy groups -OCH3 is 2. The van der Waals surface area contributed by atoms with Gasteiger partial charge in [-0.15, -0.1) is 0 Å². The van der Waals surface area contributed by atoms with Gasteiger partial charge in [0.05, 0.1) is 14.2 Å². The van der Waals surface area contributed by atoms with E-state index in [2.05, 4.69) is 0 Å². The highest BCUT2D eigenvalue weighted by Gasteiger charge is 2.24. The molecule has 1 aromatic carbocycles. The van der Waals surface area contributed by atoms with Crippen LogP contribution in [0.1, 0.15) is 24.4 Å². The minimum Gasteiger partial charge on any atom is -0.497 e. The van der Waals surface area contributed by atoms with Crippen molar-refractivity contribution in [3.63, 3.8) is 0 Å². The molecule has 1 atom stereocenters. The van der Waals surface area contributed by atoms with E-state index in [0.717, 1.165) is 43.1 Å². The van der Waals surface area contributed by atoms with Gasteiger partial charge in [0.1, 0.15) is 11.5 Å². The number of nitrogens with two attached hydrogens (primary N) is 1. The fourth-order valence-corrected chi connectivity index (χ4v) is 2.42. The van der Waals surface area contributed by atoms with E-state index >= 15 is 0 Å². The van der Waals surface area contributed by atoms with E-state index in [9.17, 15) is 0 Å². The molecule has 4 heteroatoms. The molecule has 0 amide bonds. The van der Waals surface area contributed by atoms with Gasteiger partial charge < -0.3 is 19.9 Å². The molecule has 1 saturated heterocycles. The van der Waals surface area contributed by atoms with E-state index in [0.29, 0.717) is 5.92 Å². The highest BCUT2D eigenvalue weighted by atomic mass is 16.5. The number of hydrogen-bond donors (Lipinski definition) is 1. The maximum atomic E-state index is 6.36.